The maximum absolute atomic E-state index is 9.90. The van der Waals surface area contributed by atoms with Gasteiger partial charge in [0.05, 0.1) is 110 Å². The van der Waals surface area contributed by atoms with Gasteiger partial charge in [0, 0.05) is 65.6 Å². The van der Waals surface area contributed by atoms with Gasteiger partial charge in [0.1, 0.15) is 0 Å². The second kappa shape index (κ2) is 17.3. The van der Waals surface area contributed by atoms with E-state index in [9.17, 15) is 19.2 Å². The fraction of sp³-hybridized carbons (Fsp3) is 0.0833. The van der Waals surface area contributed by atoms with Crippen LogP contribution in [-0.4, -0.2) is 24.9 Å². The highest BCUT2D eigenvalue weighted by Crippen LogP contribution is 2.53. The van der Waals surface area contributed by atoms with E-state index in [0.717, 1.165) is 20.2 Å². The SMILES string of the molecule is [2H]c1c([2H])c([2H])c(-c2c([2H])c([2H])c([2H])c([2H])c2N(c2c([2H])c([2H])c([2H])c([2H])c2[2H])c2ccc3c4cc5c(cc4n4c6c([Si](C)(C)C)cccc6c2c34)c2ccc(N(c3c([2H])c([2H])c([2H])c([2H])c3[2H])c3c([2H])c([2H])c([2H])c([2H])c3-c3c([2H])c([2H])c([2H])c([2H])c3[2H])c3c4cccc([Si](C)(C)C)c4n5c23)c([2H])c1[2H]. The van der Waals surface area contributed by atoms with E-state index in [4.69, 9.17) is 19.2 Å². The summed E-state index contributed by atoms with van der Waals surface area (Å²) in [6.07, 6.45) is 0. The third kappa shape index (κ3) is 6.82. The van der Waals surface area contributed by atoms with Gasteiger partial charge in [-0.25, -0.2) is 0 Å². The smallest absolute Gasteiger partial charge is 0.0803 e. The Labute approximate surface area is 496 Å². The van der Waals surface area contributed by atoms with Crippen LogP contribution in [0.4, 0.5) is 34.1 Å². The minimum atomic E-state index is -2.55. The van der Waals surface area contributed by atoms with Gasteiger partial charge in [0.25, 0.3) is 0 Å². The third-order valence-electron chi connectivity index (χ3n) is 14.8. The lowest BCUT2D eigenvalue weighted by Crippen LogP contribution is -2.38. The van der Waals surface area contributed by atoms with Crippen molar-refractivity contribution in [1.82, 2.24) is 8.80 Å². The van der Waals surface area contributed by atoms with Gasteiger partial charge in [-0.05, 0) is 82.0 Å². The fourth-order valence-electron chi connectivity index (χ4n) is 11.7. The molecule has 0 bridgehead atoms. The first-order valence-corrected chi connectivity index (χ1v) is 32.1. The zero-order valence-corrected chi connectivity index (χ0v) is 44.7. The number of para-hydroxylation sites is 6. The van der Waals surface area contributed by atoms with Crippen molar-refractivity contribution < 1.29 is 38.4 Å². The monoisotopic (exact) mass is 1060 g/mol. The summed E-state index contributed by atoms with van der Waals surface area (Å²) in [6.45, 7) is 12.9. The molecule has 11 aromatic carbocycles. The lowest BCUT2D eigenvalue weighted by molar-refractivity contribution is 1.30. The summed E-state index contributed by atoms with van der Waals surface area (Å²) >= 11 is 0. The molecule has 0 saturated heterocycles. The molecule has 6 heteroatoms. The average Bonchev–Trinajstić information content (AvgIpc) is 1.51. The van der Waals surface area contributed by atoms with E-state index in [2.05, 4.69) is 48.1 Å². The zero-order chi connectivity index (χ0) is 77.0. The Kier molecular flexibility index (Phi) is 5.75. The van der Waals surface area contributed by atoms with Crippen LogP contribution in [0.25, 0.3) is 98.4 Å². The van der Waals surface area contributed by atoms with E-state index in [-0.39, 0.29) is 11.4 Å². The molecule has 0 aliphatic heterocycles. The number of anilines is 6. The summed E-state index contributed by atoms with van der Waals surface area (Å²) in [4.78, 5) is 2.24. The lowest BCUT2D eigenvalue weighted by Gasteiger charge is -2.28. The number of fused-ring (bicyclic) bond motifs is 12. The summed E-state index contributed by atoms with van der Waals surface area (Å²) in [5.41, 5.74) is -1.41. The number of hydrogen-bond acceptors (Lipinski definition) is 2. The summed E-state index contributed by atoms with van der Waals surface area (Å²) in [7, 11) is -5.10. The van der Waals surface area contributed by atoms with E-state index < -0.39 is 230 Å². The van der Waals surface area contributed by atoms with E-state index >= 15 is 0 Å². The molecule has 4 aromatic heterocycles. The summed E-state index contributed by atoms with van der Waals surface area (Å²) in [5, 5.41) is 6.04. The molecule has 0 atom stereocenters. The van der Waals surface area contributed by atoms with Crippen LogP contribution in [0, 0.1) is 0 Å². The lowest BCUT2D eigenvalue weighted by atomic mass is 9.99. The van der Waals surface area contributed by atoms with Crippen LogP contribution in [0.2, 0.25) is 39.3 Å². The minimum Gasteiger partial charge on any atom is -0.309 e. The Morgan fingerprint density at radius 2 is 0.692 bits per heavy atom. The van der Waals surface area contributed by atoms with Crippen LogP contribution in [0.3, 0.4) is 0 Å². The van der Waals surface area contributed by atoms with Crippen molar-refractivity contribution in [3.05, 3.63) is 242 Å². The quantitative estimate of drug-likeness (QED) is 0.127. The fourth-order valence-corrected chi connectivity index (χ4v) is 14.8. The van der Waals surface area contributed by atoms with Gasteiger partial charge >= 0.3 is 0 Å². The van der Waals surface area contributed by atoms with E-state index in [1.807, 2.05) is 48.5 Å². The molecule has 374 valence electrons. The van der Waals surface area contributed by atoms with Crippen LogP contribution < -0.4 is 20.2 Å². The van der Waals surface area contributed by atoms with E-state index in [0.29, 0.717) is 76.2 Å². The number of aromatic nitrogens is 2. The third-order valence-corrected chi connectivity index (χ3v) is 18.8. The van der Waals surface area contributed by atoms with E-state index in [1.54, 1.807) is 24.3 Å². The van der Waals surface area contributed by atoms with Gasteiger partial charge in [0.15, 0.2) is 0 Å². The molecule has 0 radical (unpaired) electrons. The maximum Gasteiger partial charge on any atom is 0.0803 e. The van der Waals surface area contributed by atoms with Crippen molar-refractivity contribution in [1.29, 1.82) is 0 Å². The maximum atomic E-state index is 9.90. The number of rotatable bonds is 10. The van der Waals surface area contributed by atoms with Gasteiger partial charge in [-0.3, -0.25) is 0 Å². The highest BCUT2D eigenvalue weighted by Gasteiger charge is 2.33. The molecular weight excluding hydrogens is 977 g/mol. The zero-order valence-electron chi connectivity index (χ0n) is 70.7. The molecule has 0 spiro atoms. The van der Waals surface area contributed by atoms with E-state index in [1.165, 1.54) is 0 Å². The second-order valence-electron chi connectivity index (χ2n) is 21.2. The van der Waals surface area contributed by atoms with Crippen molar-refractivity contribution in [2.75, 3.05) is 9.80 Å². The van der Waals surface area contributed by atoms with Crippen molar-refractivity contribution >= 4 is 137 Å². The Hall–Kier alpha value is -8.95. The Balaban J connectivity index is 1.14. The van der Waals surface area contributed by atoms with Gasteiger partial charge in [-0.1, -0.05) is 221 Å². The number of hydrogen-bond donors (Lipinski definition) is 0. The predicted molar refractivity (Wildman–Crippen MR) is 342 cm³/mol. The molecule has 4 heterocycles. The highest BCUT2D eigenvalue weighted by molar-refractivity contribution is 6.91. The minimum absolute atomic E-state index is 0.00481. The number of nitrogens with zero attached hydrogens (tertiary/aromatic N) is 4. The molecule has 0 saturated carbocycles. The van der Waals surface area contributed by atoms with Gasteiger partial charge < -0.3 is 18.6 Å². The number of benzene rings is 11. The first-order valence-electron chi connectivity index (χ1n) is 39.1. The molecule has 15 rings (SSSR count). The average molecular weight is 1060 g/mol. The highest BCUT2D eigenvalue weighted by atomic mass is 28.3. The summed E-state index contributed by atoms with van der Waals surface area (Å²) < 4.78 is 262. The Morgan fingerprint density at radius 3 is 1.08 bits per heavy atom. The molecule has 4 nitrogen and oxygen atoms in total. The van der Waals surface area contributed by atoms with Gasteiger partial charge in [-0.2, -0.15) is 0 Å². The molecular formula is C72H58N4Si2. The first kappa shape index (κ1) is 25.9. The topological polar surface area (TPSA) is 15.3 Å². The van der Waals surface area contributed by atoms with Crippen molar-refractivity contribution in [3.63, 3.8) is 0 Å². The molecule has 0 aliphatic carbocycles. The van der Waals surface area contributed by atoms with Crippen LogP contribution in [-0.2, 0) is 0 Å². The van der Waals surface area contributed by atoms with Crippen LogP contribution in [0.15, 0.2) is 242 Å². The van der Waals surface area contributed by atoms with Crippen molar-refractivity contribution in [2.24, 2.45) is 0 Å². The molecule has 15 aromatic rings. The Morgan fingerprint density at radius 1 is 0.333 bits per heavy atom. The molecule has 0 N–H and O–H groups in total. The normalized spacial score (nSPS) is 17.5. The summed E-state index contributed by atoms with van der Waals surface area (Å²) in [6, 6.07) is -1.27. The molecule has 0 unspecified atom stereocenters. The molecule has 0 fully saturated rings. The van der Waals surface area contributed by atoms with Crippen LogP contribution in [0.5, 0.6) is 0 Å². The van der Waals surface area contributed by atoms with Crippen LogP contribution in [0.1, 0.15) is 38.4 Å². The summed E-state index contributed by atoms with van der Waals surface area (Å²) in [5.74, 6) is 0. The van der Waals surface area contributed by atoms with Crippen molar-refractivity contribution in [3.8, 4) is 22.3 Å². The predicted octanol–water partition coefficient (Wildman–Crippen LogP) is 19.4. The van der Waals surface area contributed by atoms with Crippen molar-refractivity contribution in [2.45, 2.75) is 39.3 Å². The molecule has 0 aliphatic rings. The Bertz CT molecular complexity index is 6050. The molecule has 78 heavy (non-hydrogen) atoms. The standard InChI is InChI=1S/C72H58N4Si2/c1-77(2,3)65-39-23-35-55-67-61(73(49-29-15-9-16-30-49)59-37-21-19-33-51(59)47-25-11-7-12-26-47)43-41-53-57-46-64-58(45-63(57)75(69(55)65)71(53)67)54-42-44-62(68-56-36-24-40-66(78(4,5)6)70(56)76(64)72(54)68)74(50-31-17-10-18-32-50)60-38-22-20-34-52(60)48-27-13-8-14-28-48/h7-46H,1-6H3/i7D,8D,9D,10D,11D,12D,13D,14D,15D,16D,17D,18D,19D,20D,21D,22D,25D,26D,27D,28D,29D,30D,31D,32D,33D,34D,37D,38D. The largest absolute Gasteiger partial charge is 0.309 e. The van der Waals surface area contributed by atoms with Crippen LogP contribution >= 0.6 is 0 Å². The first-order chi connectivity index (χ1) is 49.6. The molecule has 0 amide bonds. The van der Waals surface area contributed by atoms with Gasteiger partial charge in [0.2, 0.25) is 0 Å². The second-order valence-corrected chi connectivity index (χ2v) is 31.3. The van der Waals surface area contributed by atoms with Gasteiger partial charge in [-0.15, -0.1) is 0 Å².